The maximum absolute atomic E-state index is 13.1. The minimum Gasteiger partial charge on any atom is -0.426 e. The largest absolute Gasteiger partial charge is 0.426 e. The molecule has 3 fully saturated rings. The second kappa shape index (κ2) is 9.19. The summed E-state index contributed by atoms with van der Waals surface area (Å²) in [6.07, 6.45) is 2.56. The molecule has 3 aliphatic rings. The first kappa shape index (κ1) is 24.2. The summed E-state index contributed by atoms with van der Waals surface area (Å²) in [7, 11) is 0. The van der Waals surface area contributed by atoms with Gasteiger partial charge in [-0.3, -0.25) is 19.2 Å². The van der Waals surface area contributed by atoms with Crippen molar-refractivity contribution in [1.29, 1.82) is 0 Å². The van der Waals surface area contributed by atoms with Crippen LogP contribution in [0.5, 0.6) is 5.75 Å². The molecular formula is C29H32N2O5. The molecule has 5 rings (SSSR count). The van der Waals surface area contributed by atoms with Crippen LogP contribution >= 0.6 is 0 Å². The summed E-state index contributed by atoms with van der Waals surface area (Å²) in [6, 6.07) is 10.8. The van der Waals surface area contributed by atoms with Gasteiger partial charge < -0.3 is 9.64 Å². The molecule has 7 heteroatoms. The fraction of sp³-hybridized carbons (Fsp3) is 0.448. The van der Waals surface area contributed by atoms with Crippen molar-refractivity contribution in [3.05, 3.63) is 53.1 Å². The zero-order valence-corrected chi connectivity index (χ0v) is 21.2. The highest BCUT2D eigenvalue weighted by atomic mass is 16.5. The maximum atomic E-state index is 13.1. The number of imide groups is 1. The van der Waals surface area contributed by atoms with Gasteiger partial charge in [-0.2, -0.15) is 0 Å². The van der Waals surface area contributed by atoms with Crippen LogP contribution in [0.25, 0.3) is 0 Å². The number of para-hydroxylation sites is 1. The van der Waals surface area contributed by atoms with Gasteiger partial charge in [0.05, 0.1) is 23.4 Å². The van der Waals surface area contributed by atoms with Crippen LogP contribution in [0.2, 0.25) is 0 Å². The summed E-state index contributed by atoms with van der Waals surface area (Å²) in [4.78, 5) is 54.8. The van der Waals surface area contributed by atoms with Crippen molar-refractivity contribution in [2.45, 2.75) is 53.4 Å². The second-order valence-electron chi connectivity index (χ2n) is 10.7. The summed E-state index contributed by atoms with van der Waals surface area (Å²) < 4.78 is 5.65. The maximum Gasteiger partial charge on any atom is 0.316 e. The van der Waals surface area contributed by atoms with Crippen LogP contribution in [0.4, 0.5) is 11.4 Å². The lowest BCUT2D eigenvalue weighted by molar-refractivity contribution is -0.139. The molecular weight excluding hydrogens is 456 g/mol. The lowest BCUT2D eigenvalue weighted by atomic mass is 9.76. The fourth-order valence-corrected chi connectivity index (χ4v) is 6.08. The predicted octanol–water partition coefficient (Wildman–Crippen LogP) is 4.50. The van der Waals surface area contributed by atoms with Gasteiger partial charge in [-0.05, 0) is 80.8 Å². The Labute approximate surface area is 211 Å². The third-order valence-electron chi connectivity index (χ3n) is 7.98. The van der Waals surface area contributed by atoms with Gasteiger partial charge in [0.1, 0.15) is 5.75 Å². The summed E-state index contributed by atoms with van der Waals surface area (Å²) in [6.45, 7) is 8.12. The molecule has 2 saturated heterocycles. The second-order valence-corrected chi connectivity index (χ2v) is 10.7. The minimum atomic E-state index is -0.566. The van der Waals surface area contributed by atoms with E-state index >= 15 is 0 Å². The van der Waals surface area contributed by atoms with E-state index in [1.165, 1.54) is 4.90 Å². The highest BCUT2D eigenvalue weighted by molar-refractivity contribution is 6.22. The highest BCUT2D eigenvalue weighted by Crippen LogP contribution is 2.43. The van der Waals surface area contributed by atoms with E-state index in [0.29, 0.717) is 22.9 Å². The number of hydrogen-bond acceptors (Lipinski definition) is 5. The lowest BCUT2D eigenvalue weighted by Crippen LogP contribution is -2.31. The van der Waals surface area contributed by atoms with Crippen LogP contribution in [0.1, 0.15) is 49.3 Å². The molecule has 3 amide bonds. The molecule has 36 heavy (non-hydrogen) atoms. The van der Waals surface area contributed by atoms with Crippen molar-refractivity contribution in [2.75, 3.05) is 16.3 Å². The Morgan fingerprint density at radius 3 is 2.31 bits per heavy atom. The van der Waals surface area contributed by atoms with Crippen LogP contribution in [-0.2, 0) is 19.2 Å². The van der Waals surface area contributed by atoms with Crippen LogP contribution < -0.4 is 14.5 Å². The molecule has 2 heterocycles. The van der Waals surface area contributed by atoms with Crippen molar-refractivity contribution in [2.24, 2.45) is 23.7 Å². The van der Waals surface area contributed by atoms with E-state index < -0.39 is 11.9 Å². The Hall–Kier alpha value is -3.48. The quantitative estimate of drug-likeness (QED) is 0.360. The number of esters is 1. The number of carbonyl (C=O) groups excluding carboxylic acids is 4. The van der Waals surface area contributed by atoms with E-state index in [1.54, 1.807) is 30.0 Å². The Morgan fingerprint density at radius 1 is 0.917 bits per heavy atom. The number of ether oxygens (including phenoxy) is 1. The Morgan fingerprint density at radius 2 is 1.61 bits per heavy atom. The average molecular weight is 489 g/mol. The zero-order valence-electron chi connectivity index (χ0n) is 21.2. The molecule has 7 nitrogen and oxygen atoms in total. The van der Waals surface area contributed by atoms with Crippen molar-refractivity contribution >= 4 is 35.1 Å². The van der Waals surface area contributed by atoms with E-state index in [4.69, 9.17) is 4.74 Å². The first-order valence-electron chi connectivity index (χ1n) is 12.7. The van der Waals surface area contributed by atoms with Crippen LogP contribution in [0.15, 0.2) is 36.4 Å². The van der Waals surface area contributed by atoms with Crippen molar-refractivity contribution in [1.82, 2.24) is 0 Å². The van der Waals surface area contributed by atoms with E-state index in [9.17, 15) is 19.2 Å². The van der Waals surface area contributed by atoms with Crippen LogP contribution in [0, 0.1) is 44.4 Å². The number of hydrogen-bond donors (Lipinski definition) is 0. The van der Waals surface area contributed by atoms with Gasteiger partial charge in [0.2, 0.25) is 17.7 Å². The predicted molar refractivity (Wildman–Crippen MR) is 136 cm³/mol. The van der Waals surface area contributed by atoms with E-state index in [1.807, 2.05) is 32.0 Å². The molecule has 0 unspecified atom stereocenters. The molecule has 0 N–H and O–H groups in total. The first-order valence-corrected chi connectivity index (χ1v) is 12.7. The normalized spacial score (nSPS) is 25.9. The van der Waals surface area contributed by atoms with Gasteiger partial charge in [-0.15, -0.1) is 0 Å². The Kier molecular flexibility index (Phi) is 6.18. The molecule has 0 bridgehead atoms. The van der Waals surface area contributed by atoms with Crippen molar-refractivity contribution in [3.63, 3.8) is 0 Å². The molecule has 0 aromatic heterocycles. The summed E-state index contributed by atoms with van der Waals surface area (Å²) >= 11 is 0. The number of benzene rings is 2. The standard InChI is InChI=1S/C29H32N2O5/c1-16-8-10-22-23(12-16)28(34)31(27(22)33)24-11-9-21(13-19(24)4)36-29(35)20-14-25(32)30(15-20)26-17(2)6-5-7-18(26)3/h5-7,9,11,13,16,20,22-23H,8,10,12,14-15H2,1-4H3/t16-,20+,22+,23-/m0/s1. The number of nitrogens with zero attached hydrogens (tertiary/aromatic N) is 2. The molecule has 0 radical (unpaired) electrons. The number of amides is 3. The molecule has 4 atom stereocenters. The zero-order chi connectivity index (χ0) is 25.7. The van der Waals surface area contributed by atoms with E-state index in [-0.39, 0.29) is 42.5 Å². The SMILES string of the molecule is Cc1cc(OC(=O)[C@@H]2CC(=O)N(c3c(C)cccc3C)C2)ccc1N1C(=O)[C@H]2C[C@@H](C)CC[C@H]2C1=O. The lowest BCUT2D eigenvalue weighted by Gasteiger charge is -2.25. The molecule has 188 valence electrons. The molecule has 0 spiro atoms. The molecule has 2 aromatic rings. The van der Waals surface area contributed by atoms with Gasteiger partial charge >= 0.3 is 5.97 Å². The van der Waals surface area contributed by atoms with Gasteiger partial charge in [0.15, 0.2) is 0 Å². The Balaban J connectivity index is 1.29. The minimum absolute atomic E-state index is 0.0947. The van der Waals surface area contributed by atoms with Gasteiger partial charge in [0.25, 0.3) is 0 Å². The van der Waals surface area contributed by atoms with Crippen molar-refractivity contribution < 1.29 is 23.9 Å². The van der Waals surface area contributed by atoms with E-state index in [2.05, 4.69) is 6.92 Å². The third kappa shape index (κ3) is 4.10. The smallest absolute Gasteiger partial charge is 0.316 e. The van der Waals surface area contributed by atoms with Gasteiger partial charge in [0, 0.05) is 18.7 Å². The summed E-state index contributed by atoms with van der Waals surface area (Å²) in [5.74, 6) is -1.06. The number of aryl methyl sites for hydroxylation is 3. The first-order chi connectivity index (χ1) is 17.2. The molecule has 1 saturated carbocycles. The fourth-order valence-electron chi connectivity index (χ4n) is 6.08. The van der Waals surface area contributed by atoms with Crippen molar-refractivity contribution in [3.8, 4) is 5.75 Å². The number of fused-ring (bicyclic) bond motifs is 1. The van der Waals surface area contributed by atoms with Crippen LogP contribution in [-0.4, -0.2) is 30.2 Å². The van der Waals surface area contributed by atoms with Gasteiger partial charge in [-0.25, -0.2) is 4.90 Å². The highest BCUT2D eigenvalue weighted by Gasteiger charge is 2.50. The number of rotatable bonds is 4. The van der Waals surface area contributed by atoms with Crippen LogP contribution in [0.3, 0.4) is 0 Å². The Bertz CT molecular complexity index is 1250. The number of anilines is 2. The van der Waals surface area contributed by atoms with E-state index in [0.717, 1.165) is 36.1 Å². The average Bonchev–Trinajstić information content (AvgIpc) is 3.31. The molecule has 2 aromatic carbocycles. The van der Waals surface area contributed by atoms with Gasteiger partial charge in [-0.1, -0.05) is 25.1 Å². The summed E-state index contributed by atoms with van der Waals surface area (Å²) in [5.41, 5.74) is 4.07. The topological polar surface area (TPSA) is 84.0 Å². The third-order valence-corrected chi connectivity index (χ3v) is 7.98. The molecule has 2 aliphatic heterocycles. The monoisotopic (exact) mass is 488 g/mol. The number of carbonyl (C=O) groups is 4. The summed E-state index contributed by atoms with van der Waals surface area (Å²) in [5, 5.41) is 0. The molecule has 1 aliphatic carbocycles.